The van der Waals surface area contributed by atoms with E-state index in [4.69, 9.17) is 23.2 Å². The monoisotopic (exact) mass is 313 g/mol. The molecule has 0 fully saturated rings. The van der Waals surface area contributed by atoms with E-state index in [1.807, 2.05) is 6.07 Å². The van der Waals surface area contributed by atoms with E-state index in [0.29, 0.717) is 10.6 Å². The Morgan fingerprint density at radius 1 is 1.55 bits per heavy atom. The van der Waals surface area contributed by atoms with E-state index in [1.54, 1.807) is 43.4 Å². The van der Waals surface area contributed by atoms with Crippen molar-refractivity contribution < 1.29 is 4.92 Å². The Labute approximate surface area is 127 Å². The third-order valence-electron chi connectivity index (χ3n) is 2.59. The summed E-state index contributed by atoms with van der Waals surface area (Å²) >= 11 is 12.0. The zero-order valence-electron chi connectivity index (χ0n) is 11.0. The van der Waals surface area contributed by atoms with Crippen molar-refractivity contribution in [3.63, 3.8) is 0 Å². The van der Waals surface area contributed by atoms with E-state index in [-0.39, 0.29) is 10.6 Å². The van der Waals surface area contributed by atoms with Crippen LogP contribution in [0.3, 0.4) is 0 Å². The number of benzene rings is 1. The lowest BCUT2D eigenvalue weighted by atomic mass is 9.92. The van der Waals surface area contributed by atoms with Gasteiger partial charge in [0.15, 0.2) is 0 Å². The lowest BCUT2D eigenvalue weighted by Crippen LogP contribution is -2.17. The second-order valence-electron chi connectivity index (χ2n) is 4.37. The topological polar surface area (TPSA) is 70.2 Å². The molecule has 20 heavy (non-hydrogen) atoms. The van der Waals surface area contributed by atoms with Crippen LogP contribution in [0, 0.1) is 21.4 Å². The van der Waals surface area contributed by atoms with Crippen LogP contribution in [0.25, 0.3) is 0 Å². The summed E-state index contributed by atoms with van der Waals surface area (Å²) in [5, 5.41) is 20.6. The molecule has 1 unspecified atom stereocenters. The van der Waals surface area contributed by atoms with Crippen molar-refractivity contribution in [2.24, 2.45) is 0 Å². The predicted molar refractivity (Wildman–Crippen MR) is 78.4 cm³/mol. The van der Waals surface area contributed by atoms with Crippen molar-refractivity contribution in [2.75, 3.05) is 20.6 Å². The first-order valence-corrected chi connectivity index (χ1v) is 6.46. The van der Waals surface area contributed by atoms with Crippen molar-refractivity contribution in [3.8, 4) is 6.07 Å². The van der Waals surface area contributed by atoms with E-state index >= 15 is 0 Å². The van der Waals surface area contributed by atoms with Crippen molar-refractivity contribution in [3.05, 3.63) is 55.7 Å². The molecule has 7 heteroatoms. The van der Waals surface area contributed by atoms with E-state index in [9.17, 15) is 15.4 Å². The molecule has 1 aromatic rings. The van der Waals surface area contributed by atoms with Crippen LogP contribution in [0.1, 0.15) is 11.5 Å². The third-order valence-corrected chi connectivity index (χ3v) is 3.42. The van der Waals surface area contributed by atoms with E-state index in [1.165, 1.54) is 0 Å². The average Bonchev–Trinajstić information content (AvgIpc) is 2.36. The van der Waals surface area contributed by atoms with E-state index in [2.05, 4.69) is 0 Å². The second-order valence-corrected chi connectivity index (χ2v) is 5.16. The number of halogens is 2. The van der Waals surface area contributed by atoms with Gasteiger partial charge in [-0.05, 0) is 11.6 Å². The highest BCUT2D eigenvalue weighted by molar-refractivity contribution is 6.42. The molecule has 1 rings (SSSR count). The number of nitro groups is 1. The van der Waals surface area contributed by atoms with E-state index in [0.717, 1.165) is 0 Å². The highest BCUT2D eigenvalue weighted by Crippen LogP contribution is 2.34. The number of hydrogen-bond acceptors (Lipinski definition) is 4. The lowest BCUT2D eigenvalue weighted by Gasteiger charge is -2.16. The van der Waals surface area contributed by atoms with Crippen LogP contribution in [-0.2, 0) is 0 Å². The van der Waals surface area contributed by atoms with Gasteiger partial charge in [-0.15, -0.1) is 0 Å². The Bertz CT molecular complexity index is 579. The highest BCUT2D eigenvalue weighted by Gasteiger charge is 2.26. The Morgan fingerprint density at radius 3 is 2.70 bits per heavy atom. The first kappa shape index (κ1) is 16.3. The molecule has 0 amide bonds. The van der Waals surface area contributed by atoms with Gasteiger partial charge in [0, 0.05) is 25.2 Å². The summed E-state index contributed by atoms with van der Waals surface area (Å²) in [5.74, 6) is -0.733. The van der Waals surface area contributed by atoms with Crippen LogP contribution in [-0.4, -0.2) is 30.5 Å². The SMILES string of the molecule is CN(C)/C=C(\C#N)C(C[N+](=O)[O-])c1cccc(Cl)c1Cl. The summed E-state index contributed by atoms with van der Waals surface area (Å²) in [6.45, 7) is -0.423. The molecule has 0 radical (unpaired) electrons. The fourth-order valence-corrected chi connectivity index (χ4v) is 2.22. The normalized spacial score (nSPS) is 12.7. The quantitative estimate of drug-likeness (QED) is 0.475. The first-order valence-electron chi connectivity index (χ1n) is 5.70. The Hall–Kier alpha value is -1.77. The number of nitrogens with zero attached hydrogens (tertiary/aromatic N) is 3. The van der Waals surface area contributed by atoms with Gasteiger partial charge in [0.2, 0.25) is 6.54 Å². The molecule has 1 atom stereocenters. The van der Waals surface area contributed by atoms with Crippen molar-refractivity contribution >= 4 is 23.2 Å². The van der Waals surface area contributed by atoms with Crippen molar-refractivity contribution in [1.29, 1.82) is 5.26 Å². The smallest absolute Gasteiger partial charge is 0.215 e. The molecule has 0 N–H and O–H groups in total. The van der Waals surface area contributed by atoms with Crippen LogP contribution in [0.5, 0.6) is 0 Å². The Kier molecular flexibility index (Phi) is 5.81. The minimum absolute atomic E-state index is 0.237. The molecule has 0 saturated heterocycles. The summed E-state index contributed by atoms with van der Waals surface area (Å²) in [6, 6.07) is 6.89. The third kappa shape index (κ3) is 4.12. The molecule has 0 aliphatic carbocycles. The highest BCUT2D eigenvalue weighted by atomic mass is 35.5. The number of hydrogen-bond donors (Lipinski definition) is 0. The maximum atomic E-state index is 10.9. The minimum Gasteiger partial charge on any atom is -0.383 e. The molecule has 0 saturated carbocycles. The van der Waals surface area contributed by atoms with Gasteiger partial charge >= 0.3 is 0 Å². The second kappa shape index (κ2) is 7.13. The van der Waals surface area contributed by atoms with E-state index < -0.39 is 17.4 Å². The molecule has 0 aliphatic heterocycles. The zero-order chi connectivity index (χ0) is 15.3. The van der Waals surface area contributed by atoms with Crippen molar-refractivity contribution in [1.82, 2.24) is 4.90 Å². The largest absolute Gasteiger partial charge is 0.383 e. The molecule has 0 heterocycles. The molecule has 0 aromatic heterocycles. The molecule has 0 bridgehead atoms. The van der Waals surface area contributed by atoms with Gasteiger partial charge < -0.3 is 4.90 Å². The standard InChI is InChI=1S/C13H13Cl2N3O2/c1-17(2)7-9(6-16)11(8-18(19)20)10-4-3-5-12(14)13(10)15/h3-5,7,11H,8H2,1-2H3/b9-7+. The average molecular weight is 314 g/mol. The molecule has 5 nitrogen and oxygen atoms in total. The number of nitriles is 1. The van der Waals surface area contributed by atoms with Crippen molar-refractivity contribution in [2.45, 2.75) is 5.92 Å². The van der Waals surface area contributed by atoms with Gasteiger partial charge in [-0.1, -0.05) is 35.3 Å². The maximum Gasteiger partial charge on any atom is 0.215 e. The van der Waals surface area contributed by atoms with Crippen LogP contribution >= 0.6 is 23.2 Å². The van der Waals surface area contributed by atoms with Gasteiger partial charge in [0.05, 0.1) is 27.6 Å². The molecule has 106 valence electrons. The minimum atomic E-state index is -0.733. The summed E-state index contributed by atoms with van der Waals surface area (Å²) in [7, 11) is 3.47. The van der Waals surface area contributed by atoms with Gasteiger partial charge in [0.25, 0.3) is 0 Å². The molecule has 0 aliphatic rings. The molecular formula is C13H13Cl2N3O2. The van der Waals surface area contributed by atoms with Crippen LogP contribution in [0.4, 0.5) is 0 Å². The van der Waals surface area contributed by atoms with Crippen LogP contribution in [0.2, 0.25) is 10.0 Å². The summed E-state index contributed by atoms with van der Waals surface area (Å²) in [5.41, 5.74) is 0.737. The Morgan fingerprint density at radius 2 is 2.20 bits per heavy atom. The van der Waals surface area contributed by atoms with Gasteiger partial charge in [-0.25, -0.2) is 0 Å². The fourth-order valence-electron chi connectivity index (χ4n) is 1.78. The summed E-state index contributed by atoms with van der Waals surface area (Å²) in [4.78, 5) is 12.1. The maximum absolute atomic E-state index is 10.9. The van der Waals surface area contributed by atoms with Gasteiger partial charge in [-0.2, -0.15) is 5.26 Å². The predicted octanol–water partition coefficient (Wildman–Crippen LogP) is 3.32. The fraction of sp³-hybridized carbons (Fsp3) is 0.308. The lowest BCUT2D eigenvalue weighted by molar-refractivity contribution is -0.481. The van der Waals surface area contributed by atoms with Gasteiger partial charge in [-0.3, -0.25) is 10.1 Å². The van der Waals surface area contributed by atoms with Gasteiger partial charge in [0.1, 0.15) is 0 Å². The summed E-state index contributed by atoms with van der Waals surface area (Å²) < 4.78 is 0. The Balaban J connectivity index is 3.36. The van der Waals surface area contributed by atoms with Crippen LogP contribution in [0.15, 0.2) is 30.0 Å². The zero-order valence-corrected chi connectivity index (χ0v) is 12.5. The molecular weight excluding hydrogens is 301 g/mol. The molecule has 1 aromatic carbocycles. The van der Waals surface area contributed by atoms with Crippen LogP contribution < -0.4 is 0 Å². The first-order chi connectivity index (χ1) is 9.36. The summed E-state index contributed by atoms with van der Waals surface area (Å²) in [6.07, 6.45) is 1.55. The molecule has 0 spiro atoms. The number of rotatable bonds is 5.